The Balaban J connectivity index is 1.61. The number of carbonyl (C=O) groups excluding carboxylic acids is 2. The third kappa shape index (κ3) is 7.96. The predicted molar refractivity (Wildman–Crippen MR) is 136 cm³/mol. The summed E-state index contributed by atoms with van der Waals surface area (Å²) < 4.78 is 5.37. The second-order valence-corrected chi connectivity index (χ2v) is 8.94. The van der Waals surface area contributed by atoms with Crippen LogP contribution < -0.4 is 5.32 Å². The molecule has 1 aliphatic heterocycles. The van der Waals surface area contributed by atoms with Crippen LogP contribution in [0.1, 0.15) is 60.6 Å². The number of amides is 2. The zero-order valence-corrected chi connectivity index (χ0v) is 20.7. The number of benzene rings is 2. The molecule has 1 heterocycles. The molecular formula is C28H39N3O3. The number of carbonyl (C=O) groups is 2. The number of rotatable bonds is 12. The summed E-state index contributed by atoms with van der Waals surface area (Å²) in [7, 11) is 0. The highest BCUT2D eigenvalue weighted by atomic mass is 16.5. The number of nitrogens with one attached hydrogen (secondary N) is 1. The molecule has 0 spiro atoms. The van der Waals surface area contributed by atoms with Gasteiger partial charge < -0.3 is 15.0 Å². The zero-order valence-electron chi connectivity index (χ0n) is 20.7. The Morgan fingerprint density at radius 3 is 2.44 bits per heavy atom. The van der Waals surface area contributed by atoms with Crippen molar-refractivity contribution in [2.75, 3.05) is 45.9 Å². The number of unbranched alkanes of at least 4 members (excludes halogenated alkanes) is 1. The van der Waals surface area contributed by atoms with Crippen molar-refractivity contribution in [3.63, 3.8) is 0 Å². The molecule has 1 aliphatic rings. The first-order chi connectivity index (χ1) is 16.6. The van der Waals surface area contributed by atoms with E-state index in [1.807, 2.05) is 66.4 Å². The van der Waals surface area contributed by atoms with Gasteiger partial charge in [-0.15, -0.1) is 0 Å². The van der Waals surface area contributed by atoms with Crippen molar-refractivity contribution in [1.29, 1.82) is 0 Å². The van der Waals surface area contributed by atoms with Crippen LogP contribution in [0.2, 0.25) is 0 Å². The van der Waals surface area contributed by atoms with Crippen LogP contribution in [0.4, 0.5) is 0 Å². The van der Waals surface area contributed by atoms with Gasteiger partial charge in [-0.25, -0.2) is 0 Å². The average molecular weight is 466 g/mol. The first-order valence-electron chi connectivity index (χ1n) is 12.6. The molecular weight excluding hydrogens is 426 g/mol. The summed E-state index contributed by atoms with van der Waals surface area (Å²) in [4.78, 5) is 30.2. The minimum atomic E-state index is -0.130. The van der Waals surface area contributed by atoms with E-state index in [0.29, 0.717) is 18.7 Å². The van der Waals surface area contributed by atoms with Crippen LogP contribution in [-0.2, 0) is 16.0 Å². The lowest BCUT2D eigenvalue weighted by atomic mass is 10.0. The fraction of sp³-hybridized carbons (Fsp3) is 0.500. The highest BCUT2D eigenvalue weighted by Crippen LogP contribution is 2.23. The van der Waals surface area contributed by atoms with Crippen molar-refractivity contribution >= 4 is 11.8 Å². The van der Waals surface area contributed by atoms with E-state index in [1.165, 1.54) is 5.56 Å². The number of ether oxygens (including phenoxy) is 1. The molecule has 1 fully saturated rings. The van der Waals surface area contributed by atoms with Gasteiger partial charge in [-0.1, -0.05) is 55.8 Å². The summed E-state index contributed by atoms with van der Waals surface area (Å²) in [5, 5.41) is 3.01. The van der Waals surface area contributed by atoms with E-state index in [0.717, 1.165) is 57.7 Å². The Labute approximate surface area is 204 Å². The number of hydrogen-bond acceptors (Lipinski definition) is 4. The fourth-order valence-corrected chi connectivity index (χ4v) is 4.23. The van der Waals surface area contributed by atoms with Gasteiger partial charge in [0.1, 0.15) is 0 Å². The number of aryl methyl sites for hydroxylation is 1. The maximum Gasteiger partial charge on any atom is 0.254 e. The van der Waals surface area contributed by atoms with Gasteiger partial charge >= 0.3 is 0 Å². The molecule has 2 amide bonds. The summed E-state index contributed by atoms with van der Waals surface area (Å²) in [6.45, 7) is 9.33. The maximum atomic E-state index is 13.5. The molecule has 6 nitrogen and oxygen atoms in total. The molecule has 6 heteroatoms. The number of nitrogens with zero attached hydrogens (tertiary/aromatic N) is 2. The van der Waals surface area contributed by atoms with Crippen LogP contribution in [0, 0.1) is 0 Å². The Morgan fingerprint density at radius 1 is 1.06 bits per heavy atom. The van der Waals surface area contributed by atoms with Gasteiger partial charge in [0.25, 0.3) is 5.91 Å². The smallest absolute Gasteiger partial charge is 0.254 e. The minimum Gasteiger partial charge on any atom is -0.379 e. The van der Waals surface area contributed by atoms with E-state index in [9.17, 15) is 9.59 Å². The van der Waals surface area contributed by atoms with E-state index in [1.54, 1.807) is 0 Å². The van der Waals surface area contributed by atoms with Crippen molar-refractivity contribution in [2.24, 2.45) is 0 Å². The van der Waals surface area contributed by atoms with Gasteiger partial charge in [0.2, 0.25) is 5.91 Å². The van der Waals surface area contributed by atoms with E-state index < -0.39 is 0 Å². The van der Waals surface area contributed by atoms with Crippen molar-refractivity contribution < 1.29 is 14.3 Å². The first kappa shape index (κ1) is 25.9. The van der Waals surface area contributed by atoms with Gasteiger partial charge in [-0.2, -0.15) is 0 Å². The molecule has 1 saturated heterocycles. The van der Waals surface area contributed by atoms with E-state index in [-0.39, 0.29) is 24.3 Å². The Morgan fingerprint density at radius 2 is 1.76 bits per heavy atom. The molecule has 0 radical (unpaired) electrons. The molecule has 1 unspecified atom stereocenters. The van der Waals surface area contributed by atoms with Gasteiger partial charge in [-0.05, 0) is 43.0 Å². The van der Waals surface area contributed by atoms with Crippen LogP contribution >= 0.6 is 0 Å². The quantitative estimate of drug-likeness (QED) is 0.513. The van der Waals surface area contributed by atoms with E-state index in [4.69, 9.17) is 4.74 Å². The lowest BCUT2D eigenvalue weighted by molar-refractivity contribution is -0.121. The second kappa shape index (κ2) is 13.9. The predicted octanol–water partition coefficient (Wildman–Crippen LogP) is 4.07. The zero-order chi connectivity index (χ0) is 24.2. The van der Waals surface area contributed by atoms with Crippen molar-refractivity contribution in [3.8, 4) is 0 Å². The molecule has 0 aromatic heterocycles. The summed E-state index contributed by atoms with van der Waals surface area (Å²) in [6, 6.07) is 17.8. The lowest BCUT2D eigenvalue weighted by Crippen LogP contribution is -2.42. The Hall–Kier alpha value is -2.70. The molecule has 2 aromatic rings. The van der Waals surface area contributed by atoms with Crippen molar-refractivity contribution in [3.05, 3.63) is 71.3 Å². The average Bonchev–Trinajstić information content (AvgIpc) is 2.88. The number of hydrogen-bond donors (Lipinski definition) is 1. The fourth-order valence-electron chi connectivity index (χ4n) is 4.23. The first-order valence-corrected chi connectivity index (χ1v) is 12.6. The Kier molecular flexibility index (Phi) is 10.6. The molecule has 3 rings (SSSR count). The molecule has 1 N–H and O–H groups in total. The lowest BCUT2D eigenvalue weighted by Gasteiger charge is -2.30. The van der Waals surface area contributed by atoms with Crippen LogP contribution in [0.3, 0.4) is 0 Å². The normalized spacial score (nSPS) is 15.0. The number of morpholine rings is 1. The SMILES string of the molecule is CCCCc1ccc(C(=O)N(CCC(=O)NCCN2CCOCC2)C(C)c2ccccc2)cc1. The molecule has 184 valence electrons. The summed E-state index contributed by atoms with van der Waals surface area (Å²) in [5.74, 6) is -0.0688. The van der Waals surface area contributed by atoms with Crippen LogP contribution in [0.25, 0.3) is 0 Å². The maximum absolute atomic E-state index is 13.5. The van der Waals surface area contributed by atoms with Crippen LogP contribution in [0.5, 0.6) is 0 Å². The van der Waals surface area contributed by atoms with Gasteiger partial charge in [0.05, 0.1) is 19.3 Å². The minimum absolute atomic E-state index is 0.0266. The molecule has 0 aliphatic carbocycles. The topological polar surface area (TPSA) is 61.9 Å². The summed E-state index contributed by atoms with van der Waals surface area (Å²) >= 11 is 0. The van der Waals surface area contributed by atoms with Gasteiger partial charge in [-0.3, -0.25) is 14.5 Å². The summed E-state index contributed by atoms with van der Waals surface area (Å²) in [6.07, 6.45) is 3.60. The molecule has 2 aromatic carbocycles. The van der Waals surface area contributed by atoms with E-state index in [2.05, 4.69) is 17.1 Å². The molecule has 1 atom stereocenters. The Bertz CT molecular complexity index is 880. The third-order valence-electron chi connectivity index (χ3n) is 6.46. The highest BCUT2D eigenvalue weighted by molar-refractivity contribution is 5.94. The van der Waals surface area contributed by atoms with E-state index >= 15 is 0 Å². The second-order valence-electron chi connectivity index (χ2n) is 8.94. The van der Waals surface area contributed by atoms with Crippen LogP contribution in [0.15, 0.2) is 54.6 Å². The summed E-state index contributed by atoms with van der Waals surface area (Å²) in [5.41, 5.74) is 2.97. The van der Waals surface area contributed by atoms with Gasteiger partial charge in [0, 0.05) is 44.7 Å². The largest absolute Gasteiger partial charge is 0.379 e. The van der Waals surface area contributed by atoms with Crippen LogP contribution in [-0.4, -0.2) is 67.6 Å². The van der Waals surface area contributed by atoms with Crippen molar-refractivity contribution in [1.82, 2.24) is 15.1 Å². The standard InChI is InChI=1S/C28H39N3O3/c1-3-4-8-24-11-13-26(14-12-24)28(33)31(23(2)25-9-6-5-7-10-25)17-15-27(32)29-16-18-30-19-21-34-22-20-30/h5-7,9-14,23H,3-4,8,15-22H2,1-2H3,(H,29,32). The molecule has 0 saturated carbocycles. The molecule has 0 bridgehead atoms. The molecule has 34 heavy (non-hydrogen) atoms. The monoisotopic (exact) mass is 465 g/mol. The van der Waals surface area contributed by atoms with Crippen molar-refractivity contribution in [2.45, 2.75) is 45.6 Å². The third-order valence-corrected chi connectivity index (χ3v) is 6.46. The highest BCUT2D eigenvalue weighted by Gasteiger charge is 2.23. The van der Waals surface area contributed by atoms with Gasteiger partial charge in [0.15, 0.2) is 0 Å².